The molecule has 0 bridgehead atoms. The molecule has 1 aromatic heterocycles. The average molecular weight is 370 g/mol. The molecule has 0 unspecified atom stereocenters. The number of aryl methyl sites for hydroxylation is 1. The lowest BCUT2D eigenvalue weighted by molar-refractivity contribution is 0.101. The number of thioether (sulfide) groups is 1. The second kappa shape index (κ2) is 8.05. The van der Waals surface area contributed by atoms with Gasteiger partial charge in [0.15, 0.2) is 5.78 Å². The minimum absolute atomic E-state index is 0.110. The number of Topliss-reactive ketones (excluding diaryl/α,β-unsaturated/α-hetero) is 1. The number of methoxy groups -OCH3 is 2. The Morgan fingerprint density at radius 1 is 1.12 bits per heavy atom. The molecule has 0 aliphatic heterocycles. The SMILES string of the molecule is COc1ccc(OC)c(C(=O)CSc2nnc(-c3cccc(C)c3)o2)c1. The van der Waals surface area contributed by atoms with E-state index in [1.807, 2.05) is 31.2 Å². The van der Waals surface area contributed by atoms with E-state index in [0.717, 1.165) is 11.1 Å². The van der Waals surface area contributed by atoms with Gasteiger partial charge in [0.05, 0.1) is 25.5 Å². The summed E-state index contributed by atoms with van der Waals surface area (Å²) in [5.41, 5.74) is 2.41. The lowest BCUT2D eigenvalue weighted by atomic mass is 10.1. The largest absolute Gasteiger partial charge is 0.497 e. The monoisotopic (exact) mass is 370 g/mol. The smallest absolute Gasteiger partial charge is 0.277 e. The van der Waals surface area contributed by atoms with Crippen LogP contribution in [0.15, 0.2) is 52.1 Å². The predicted molar refractivity (Wildman–Crippen MR) is 99.1 cm³/mol. The van der Waals surface area contributed by atoms with Crippen molar-refractivity contribution in [1.29, 1.82) is 0 Å². The van der Waals surface area contributed by atoms with Gasteiger partial charge in [-0.15, -0.1) is 10.2 Å². The summed E-state index contributed by atoms with van der Waals surface area (Å²) in [6.07, 6.45) is 0. The zero-order chi connectivity index (χ0) is 18.5. The maximum Gasteiger partial charge on any atom is 0.277 e. The Kier molecular flexibility index (Phi) is 5.58. The first-order valence-corrected chi connectivity index (χ1v) is 8.88. The van der Waals surface area contributed by atoms with Gasteiger partial charge in [0.1, 0.15) is 11.5 Å². The van der Waals surface area contributed by atoms with Crippen molar-refractivity contribution < 1.29 is 18.7 Å². The van der Waals surface area contributed by atoms with Crippen LogP contribution >= 0.6 is 11.8 Å². The van der Waals surface area contributed by atoms with Crippen molar-refractivity contribution in [3.63, 3.8) is 0 Å². The van der Waals surface area contributed by atoms with Crippen LogP contribution in [0.2, 0.25) is 0 Å². The van der Waals surface area contributed by atoms with E-state index in [1.54, 1.807) is 25.3 Å². The van der Waals surface area contributed by atoms with Crippen LogP contribution in [0.1, 0.15) is 15.9 Å². The van der Waals surface area contributed by atoms with E-state index in [1.165, 1.54) is 18.9 Å². The van der Waals surface area contributed by atoms with Gasteiger partial charge in [0, 0.05) is 5.56 Å². The van der Waals surface area contributed by atoms with Gasteiger partial charge in [-0.2, -0.15) is 0 Å². The number of benzene rings is 2. The van der Waals surface area contributed by atoms with Gasteiger partial charge >= 0.3 is 0 Å². The van der Waals surface area contributed by atoms with Crippen LogP contribution in [-0.2, 0) is 0 Å². The molecule has 0 fully saturated rings. The summed E-state index contributed by atoms with van der Waals surface area (Å²) in [5, 5.41) is 8.39. The van der Waals surface area contributed by atoms with Crippen LogP contribution in [0.25, 0.3) is 11.5 Å². The molecule has 134 valence electrons. The predicted octanol–water partition coefficient (Wildman–Crippen LogP) is 4.04. The van der Waals surface area contributed by atoms with Crippen molar-refractivity contribution in [3.05, 3.63) is 53.6 Å². The molecular formula is C19H18N2O4S. The summed E-state index contributed by atoms with van der Waals surface area (Å²) in [6, 6.07) is 12.9. The van der Waals surface area contributed by atoms with Gasteiger partial charge in [-0.25, -0.2) is 0 Å². The maximum atomic E-state index is 12.5. The number of carbonyl (C=O) groups is 1. The zero-order valence-electron chi connectivity index (χ0n) is 14.7. The van der Waals surface area contributed by atoms with Crippen LogP contribution < -0.4 is 9.47 Å². The standard InChI is InChI=1S/C19H18N2O4S/c1-12-5-4-6-13(9-12)18-20-21-19(25-18)26-11-16(22)15-10-14(23-2)7-8-17(15)24-3/h4-10H,11H2,1-3H3. The first-order chi connectivity index (χ1) is 12.6. The lowest BCUT2D eigenvalue weighted by Crippen LogP contribution is -2.05. The average Bonchev–Trinajstić information content (AvgIpc) is 3.14. The van der Waals surface area contributed by atoms with E-state index in [4.69, 9.17) is 13.9 Å². The molecule has 0 radical (unpaired) electrons. The van der Waals surface area contributed by atoms with Gasteiger partial charge in [-0.1, -0.05) is 29.5 Å². The molecule has 3 rings (SSSR count). The number of carbonyl (C=O) groups excluding carboxylic acids is 1. The van der Waals surface area contributed by atoms with Crippen molar-refractivity contribution >= 4 is 17.5 Å². The Balaban J connectivity index is 1.71. The molecule has 0 N–H and O–H groups in total. The molecule has 0 aliphatic rings. The quantitative estimate of drug-likeness (QED) is 0.459. The summed E-state index contributed by atoms with van der Waals surface area (Å²) in [6.45, 7) is 2.00. The molecule has 2 aromatic carbocycles. The molecule has 0 saturated carbocycles. The minimum Gasteiger partial charge on any atom is -0.497 e. The molecule has 6 nitrogen and oxygen atoms in total. The normalized spacial score (nSPS) is 10.6. The third-order valence-corrected chi connectivity index (χ3v) is 4.52. The molecule has 1 heterocycles. The van der Waals surface area contributed by atoms with Crippen molar-refractivity contribution in [2.24, 2.45) is 0 Å². The van der Waals surface area contributed by atoms with Crippen molar-refractivity contribution in [1.82, 2.24) is 10.2 Å². The fraction of sp³-hybridized carbons (Fsp3) is 0.211. The number of nitrogens with zero attached hydrogens (tertiary/aromatic N) is 2. The number of hydrogen-bond acceptors (Lipinski definition) is 7. The molecule has 0 amide bonds. The van der Waals surface area contributed by atoms with E-state index in [9.17, 15) is 4.79 Å². The summed E-state index contributed by atoms with van der Waals surface area (Å²) in [5.74, 6) is 1.57. The number of hydrogen-bond donors (Lipinski definition) is 0. The number of aromatic nitrogens is 2. The van der Waals surface area contributed by atoms with Crippen molar-refractivity contribution in [2.45, 2.75) is 12.1 Å². The van der Waals surface area contributed by atoms with Crippen LogP contribution in [0, 0.1) is 6.92 Å². The Hall–Kier alpha value is -2.80. The van der Waals surface area contributed by atoms with Crippen LogP contribution in [0.3, 0.4) is 0 Å². The molecule has 3 aromatic rings. The Bertz CT molecular complexity index is 923. The van der Waals surface area contributed by atoms with E-state index in [-0.39, 0.29) is 11.5 Å². The van der Waals surface area contributed by atoms with Crippen molar-refractivity contribution in [2.75, 3.05) is 20.0 Å². The first kappa shape index (κ1) is 18.0. The fourth-order valence-electron chi connectivity index (χ4n) is 2.40. The van der Waals surface area contributed by atoms with E-state index in [0.29, 0.717) is 28.2 Å². The summed E-state index contributed by atoms with van der Waals surface area (Å²) >= 11 is 1.19. The highest BCUT2D eigenvalue weighted by molar-refractivity contribution is 7.99. The lowest BCUT2D eigenvalue weighted by Gasteiger charge is -2.08. The molecule has 0 aliphatic carbocycles. The van der Waals surface area contributed by atoms with Gasteiger partial charge < -0.3 is 13.9 Å². The fourth-order valence-corrected chi connectivity index (χ4v) is 3.05. The topological polar surface area (TPSA) is 74.5 Å². The molecular weight excluding hydrogens is 352 g/mol. The summed E-state index contributed by atoms with van der Waals surface area (Å²) in [4.78, 5) is 12.5. The summed E-state index contributed by atoms with van der Waals surface area (Å²) in [7, 11) is 3.08. The number of ether oxygens (including phenoxy) is 2. The van der Waals surface area contributed by atoms with E-state index >= 15 is 0 Å². The Labute approximate surface area is 155 Å². The third-order valence-electron chi connectivity index (χ3n) is 3.71. The number of rotatable bonds is 7. The van der Waals surface area contributed by atoms with Crippen LogP contribution in [0.4, 0.5) is 0 Å². The second-order valence-corrected chi connectivity index (χ2v) is 6.45. The van der Waals surface area contributed by atoms with Gasteiger partial charge in [0.2, 0.25) is 5.89 Å². The Morgan fingerprint density at radius 2 is 1.96 bits per heavy atom. The molecule has 0 saturated heterocycles. The highest BCUT2D eigenvalue weighted by Crippen LogP contribution is 2.28. The van der Waals surface area contributed by atoms with Crippen molar-refractivity contribution in [3.8, 4) is 23.0 Å². The maximum absolute atomic E-state index is 12.5. The van der Waals surface area contributed by atoms with Gasteiger partial charge in [-0.3, -0.25) is 4.79 Å². The molecule has 7 heteroatoms. The molecule has 0 spiro atoms. The van der Waals surface area contributed by atoms with Gasteiger partial charge in [0.25, 0.3) is 5.22 Å². The van der Waals surface area contributed by atoms with Gasteiger partial charge in [-0.05, 0) is 37.3 Å². The van der Waals surface area contributed by atoms with E-state index in [2.05, 4.69) is 10.2 Å². The summed E-state index contributed by atoms with van der Waals surface area (Å²) < 4.78 is 16.1. The number of ketones is 1. The third kappa shape index (κ3) is 4.05. The highest BCUT2D eigenvalue weighted by Gasteiger charge is 2.16. The first-order valence-electron chi connectivity index (χ1n) is 7.89. The minimum atomic E-state index is -0.110. The second-order valence-electron chi connectivity index (χ2n) is 5.52. The van der Waals surface area contributed by atoms with Crippen LogP contribution in [-0.4, -0.2) is 36.0 Å². The molecule has 0 atom stereocenters. The zero-order valence-corrected chi connectivity index (χ0v) is 15.5. The molecule has 26 heavy (non-hydrogen) atoms. The highest BCUT2D eigenvalue weighted by atomic mass is 32.2. The Morgan fingerprint density at radius 3 is 2.69 bits per heavy atom. The van der Waals surface area contributed by atoms with Crippen LogP contribution in [0.5, 0.6) is 11.5 Å². The van der Waals surface area contributed by atoms with E-state index < -0.39 is 0 Å².